The van der Waals surface area contributed by atoms with E-state index in [9.17, 15) is 0 Å². The molecule has 0 aliphatic heterocycles. The van der Waals surface area contributed by atoms with Gasteiger partial charge in [-0.05, 0) is 34.2 Å². The standard InChI is InChI=1S/C16H14ClNS/c17-14-8-9-19-16(14)15(18)10-12-6-3-5-11-4-1-2-7-13(11)12/h1-9,15H,10,18H2. The lowest BCUT2D eigenvalue weighted by molar-refractivity contribution is 0.740. The summed E-state index contributed by atoms with van der Waals surface area (Å²) in [6.45, 7) is 0. The van der Waals surface area contributed by atoms with E-state index in [0.717, 1.165) is 16.3 Å². The van der Waals surface area contributed by atoms with Crippen LogP contribution in [0.1, 0.15) is 16.5 Å². The molecule has 0 spiro atoms. The zero-order valence-electron chi connectivity index (χ0n) is 10.3. The molecule has 0 bridgehead atoms. The van der Waals surface area contributed by atoms with Gasteiger partial charge in [0.15, 0.2) is 0 Å². The van der Waals surface area contributed by atoms with Crippen LogP contribution in [0.15, 0.2) is 53.9 Å². The highest BCUT2D eigenvalue weighted by molar-refractivity contribution is 7.10. The molecule has 0 aliphatic rings. The van der Waals surface area contributed by atoms with Gasteiger partial charge in [-0.2, -0.15) is 0 Å². The molecule has 0 fully saturated rings. The molecule has 0 saturated carbocycles. The fourth-order valence-electron chi connectivity index (χ4n) is 2.37. The van der Waals surface area contributed by atoms with Crippen molar-refractivity contribution in [1.82, 2.24) is 0 Å². The number of hydrogen-bond donors (Lipinski definition) is 1. The lowest BCUT2D eigenvalue weighted by Gasteiger charge is -2.12. The normalized spacial score (nSPS) is 12.7. The third-order valence-corrected chi connectivity index (χ3v) is 4.79. The van der Waals surface area contributed by atoms with Gasteiger partial charge in [-0.25, -0.2) is 0 Å². The minimum Gasteiger partial charge on any atom is -0.323 e. The highest BCUT2D eigenvalue weighted by atomic mass is 35.5. The Balaban J connectivity index is 1.96. The van der Waals surface area contributed by atoms with Crippen LogP contribution in [0.3, 0.4) is 0 Å². The fraction of sp³-hybridized carbons (Fsp3) is 0.125. The van der Waals surface area contributed by atoms with Gasteiger partial charge in [-0.1, -0.05) is 54.1 Å². The quantitative estimate of drug-likeness (QED) is 0.736. The van der Waals surface area contributed by atoms with Gasteiger partial charge >= 0.3 is 0 Å². The number of thiophene rings is 1. The van der Waals surface area contributed by atoms with Gasteiger partial charge in [-0.3, -0.25) is 0 Å². The van der Waals surface area contributed by atoms with E-state index in [-0.39, 0.29) is 6.04 Å². The molecular formula is C16H14ClNS. The second-order valence-electron chi connectivity index (χ2n) is 4.58. The van der Waals surface area contributed by atoms with Crippen molar-refractivity contribution in [3.05, 3.63) is 69.4 Å². The molecule has 0 saturated heterocycles. The van der Waals surface area contributed by atoms with Crippen molar-refractivity contribution in [2.45, 2.75) is 12.5 Å². The molecule has 2 aromatic carbocycles. The number of rotatable bonds is 3. The molecule has 1 nitrogen and oxygen atoms in total. The molecular weight excluding hydrogens is 274 g/mol. The lowest BCUT2D eigenvalue weighted by Crippen LogP contribution is -2.12. The Bertz CT molecular complexity index is 699. The van der Waals surface area contributed by atoms with Gasteiger partial charge in [0.2, 0.25) is 0 Å². The van der Waals surface area contributed by atoms with Crippen molar-refractivity contribution < 1.29 is 0 Å². The van der Waals surface area contributed by atoms with Crippen LogP contribution in [0.2, 0.25) is 5.02 Å². The summed E-state index contributed by atoms with van der Waals surface area (Å²) in [4.78, 5) is 1.06. The number of hydrogen-bond acceptors (Lipinski definition) is 2. The first-order valence-electron chi connectivity index (χ1n) is 6.21. The van der Waals surface area contributed by atoms with Gasteiger partial charge in [0.1, 0.15) is 0 Å². The van der Waals surface area contributed by atoms with Crippen LogP contribution in [0.5, 0.6) is 0 Å². The summed E-state index contributed by atoms with van der Waals surface area (Å²) < 4.78 is 0. The summed E-state index contributed by atoms with van der Waals surface area (Å²) in [6.07, 6.45) is 0.807. The van der Waals surface area contributed by atoms with Crippen LogP contribution < -0.4 is 5.73 Å². The average molecular weight is 288 g/mol. The summed E-state index contributed by atoms with van der Waals surface area (Å²) in [5.41, 5.74) is 7.56. The summed E-state index contributed by atoms with van der Waals surface area (Å²) in [5.74, 6) is 0. The molecule has 2 N–H and O–H groups in total. The summed E-state index contributed by atoms with van der Waals surface area (Å²) in [7, 11) is 0. The summed E-state index contributed by atoms with van der Waals surface area (Å²) in [5, 5.41) is 5.29. The predicted molar refractivity (Wildman–Crippen MR) is 83.9 cm³/mol. The Labute approximate surface area is 121 Å². The minimum absolute atomic E-state index is 0.0432. The lowest BCUT2D eigenvalue weighted by atomic mass is 9.98. The zero-order valence-corrected chi connectivity index (χ0v) is 11.9. The first kappa shape index (κ1) is 12.7. The smallest absolute Gasteiger partial charge is 0.0561 e. The topological polar surface area (TPSA) is 26.0 Å². The monoisotopic (exact) mass is 287 g/mol. The van der Waals surface area contributed by atoms with E-state index in [1.165, 1.54) is 16.3 Å². The Morgan fingerprint density at radius 3 is 2.63 bits per heavy atom. The highest BCUT2D eigenvalue weighted by Gasteiger charge is 2.13. The first-order chi connectivity index (χ1) is 9.25. The SMILES string of the molecule is NC(Cc1cccc2ccccc12)c1sccc1Cl. The van der Waals surface area contributed by atoms with Crippen LogP contribution in [0.4, 0.5) is 0 Å². The van der Waals surface area contributed by atoms with E-state index in [1.807, 2.05) is 11.4 Å². The van der Waals surface area contributed by atoms with Crippen LogP contribution in [0.25, 0.3) is 10.8 Å². The van der Waals surface area contributed by atoms with Gasteiger partial charge in [0.25, 0.3) is 0 Å². The number of benzene rings is 2. The van der Waals surface area contributed by atoms with Crippen molar-refractivity contribution in [3.63, 3.8) is 0 Å². The van der Waals surface area contributed by atoms with Crippen molar-refractivity contribution in [2.75, 3.05) is 0 Å². The third kappa shape index (κ3) is 2.52. The molecule has 96 valence electrons. The second-order valence-corrected chi connectivity index (χ2v) is 5.94. The van der Waals surface area contributed by atoms with Crippen LogP contribution in [0, 0.1) is 0 Å². The molecule has 1 unspecified atom stereocenters. The van der Waals surface area contributed by atoms with Crippen LogP contribution in [-0.2, 0) is 6.42 Å². The van der Waals surface area contributed by atoms with Gasteiger partial charge < -0.3 is 5.73 Å². The maximum absolute atomic E-state index is 6.29. The maximum atomic E-state index is 6.29. The molecule has 3 aromatic rings. The molecule has 1 aromatic heterocycles. The molecule has 1 heterocycles. The van der Waals surface area contributed by atoms with Gasteiger partial charge in [0, 0.05) is 10.9 Å². The molecule has 1 atom stereocenters. The fourth-order valence-corrected chi connectivity index (χ4v) is 3.57. The Kier molecular flexibility index (Phi) is 3.56. The summed E-state index contributed by atoms with van der Waals surface area (Å²) >= 11 is 7.77. The second kappa shape index (κ2) is 5.33. The van der Waals surface area contributed by atoms with E-state index < -0.39 is 0 Å². The van der Waals surface area contributed by atoms with E-state index in [0.29, 0.717) is 0 Å². The molecule has 3 heteroatoms. The molecule has 0 amide bonds. The van der Waals surface area contributed by atoms with Crippen molar-refractivity contribution in [1.29, 1.82) is 0 Å². The number of nitrogens with two attached hydrogens (primary N) is 1. The average Bonchev–Trinajstić information content (AvgIpc) is 2.85. The van der Waals surface area contributed by atoms with Crippen molar-refractivity contribution in [3.8, 4) is 0 Å². The molecule has 19 heavy (non-hydrogen) atoms. The maximum Gasteiger partial charge on any atom is 0.0561 e. The first-order valence-corrected chi connectivity index (χ1v) is 7.46. The zero-order chi connectivity index (χ0) is 13.2. The van der Waals surface area contributed by atoms with E-state index >= 15 is 0 Å². The van der Waals surface area contributed by atoms with E-state index in [1.54, 1.807) is 11.3 Å². The molecule has 3 rings (SSSR count). The van der Waals surface area contributed by atoms with Crippen LogP contribution >= 0.6 is 22.9 Å². The molecule has 0 radical (unpaired) electrons. The number of halogens is 1. The highest BCUT2D eigenvalue weighted by Crippen LogP contribution is 2.30. The van der Waals surface area contributed by atoms with Gasteiger partial charge in [-0.15, -0.1) is 11.3 Å². The van der Waals surface area contributed by atoms with E-state index in [4.69, 9.17) is 17.3 Å². The van der Waals surface area contributed by atoms with Crippen molar-refractivity contribution >= 4 is 33.7 Å². The molecule has 0 aliphatic carbocycles. The Hall–Kier alpha value is -1.35. The van der Waals surface area contributed by atoms with Gasteiger partial charge in [0.05, 0.1) is 5.02 Å². The predicted octanol–water partition coefficient (Wildman–Crippen LogP) is 4.80. The minimum atomic E-state index is -0.0432. The Morgan fingerprint density at radius 2 is 1.84 bits per heavy atom. The Morgan fingerprint density at radius 1 is 1.05 bits per heavy atom. The number of fused-ring (bicyclic) bond motifs is 1. The van der Waals surface area contributed by atoms with Crippen LogP contribution in [-0.4, -0.2) is 0 Å². The third-order valence-electron chi connectivity index (χ3n) is 3.30. The van der Waals surface area contributed by atoms with E-state index in [2.05, 4.69) is 42.5 Å². The van der Waals surface area contributed by atoms with Crippen molar-refractivity contribution in [2.24, 2.45) is 5.73 Å². The summed E-state index contributed by atoms with van der Waals surface area (Å²) in [6, 6.07) is 16.6. The largest absolute Gasteiger partial charge is 0.323 e.